The Morgan fingerprint density at radius 2 is 2.12 bits per heavy atom. The van der Waals surface area contributed by atoms with E-state index < -0.39 is 6.04 Å². The lowest BCUT2D eigenvalue weighted by Gasteiger charge is -2.20. The normalized spacial score (nSPS) is 20.2. The average molecular weight is 258 g/mol. The minimum absolute atomic E-state index is 0.233. The molecule has 0 aliphatic carbocycles. The van der Waals surface area contributed by atoms with Gasteiger partial charge < -0.3 is 10.6 Å². The number of nitrogens with two attached hydrogens (primary N) is 1. The number of rotatable bonds is 1. The fourth-order valence-corrected chi connectivity index (χ4v) is 2.05. The van der Waals surface area contributed by atoms with Crippen molar-refractivity contribution in [2.24, 2.45) is 10.7 Å². The summed E-state index contributed by atoms with van der Waals surface area (Å²) in [5.74, 6) is 0.233. The number of likely N-dealkylation sites (N-methyl/N-ethyl adjacent to an activating group) is 1. The molecule has 0 fully saturated rings. The van der Waals surface area contributed by atoms with Crippen LogP contribution >= 0.6 is 23.2 Å². The predicted octanol–water partition coefficient (Wildman–Crippen LogP) is 2.46. The van der Waals surface area contributed by atoms with Gasteiger partial charge in [-0.3, -0.25) is 0 Å². The topological polar surface area (TPSA) is 58.7 Å². The van der Waals surface area contributed by atoms with Gasteiger partial charge in [0.05, 0.1) is 0 Å². The molecule has 2 N–H and O–H groups in total. The molecule has 0 bridgehead atoms. The van der Waals surface area contributed by atoms with Crippen molar-refractivity contribution in [3.8, 4) is 0 Å². The maximum Gasteiger partial charge on any atom is 0.345 e. The highest BCUT2D eigenvalue weighted by molar-refractivity contribution is 6.34. The molecule has 16 heavy (non-hydrogen) atoms. The van der Waals surface area contributed by atoms with Crippen LogP contribution in [0.25, 0.3) is 0 Å². The number of aliphatic imine (C=N–C) groups is 1. The number of nitrogens with zero attached hydrogens (tertiary/aromatic N) is 2. The molecule has 1 heterocycles. The Labute approximate surface area is 103 Å². The molecule has 0 saturated carbocycles. The van der Waals surface area contributed by atoms with E-state index in [1.54, 1.807) is 25.2 Å². The number of carbonyl (C=O) groups excluding carboxylic acids is 1. The molecule has 1 atom stereocenters. The Kier molecular flexibility index (Phi) is 2.78. The van der Waals surface area contributed by atoms with Crippen LogP contribution in [0.2, 0.25) is 10.0 Å². The van der Waals surface area contributed by atoms with Gasteiger partial charge in [0.25, 0.3) is 0 Å². The highest BCUT2D eigenvalue weighted by atomic mass is 35.5. The van der Waals surface area contributed by atoms with Gasteiger partial charge in [-0.25, -0.2) is 4.79 Å². The first-order valence-corrected chi connectivity index (χ1v) is 5.32. The van der Waals surface area contributed by atoms with E-state index >= 15 is 0 Å². The van der Waals surface area contributed by atoms with Crippen LogP contribution in [0.15, 0.2) is 23.2 Å². The molecule has 1 aromatic rings. The summed E-state index contributed by atoms with van der Waals surface area (Å²) < 4.78 is 0. The van der Waals surface area contributed by atoms with Gasteiger partial charge in [-0.1, -0.05) is 23.2 Å². The maximum atomic E-state index is 11.3. The van der Waals surface area contributed by atoms with E-state index in [0.717, 1.165) is 0 Å². The largest absolute Gasteiger partial charge is 0.385 e. The molecule has 0 aromatic heterocycles. The smallest absolute Gasteiger partial charge is 0.345 e. The summed E-state index contributed by atoms with van der Waals surface area (Å²) in [5.41, 5.74) is 6.38. The number of urea groups is 1. The molecule has 84 valence electrons. The number of halogens is 2. The van der Waals surface area contributed by atoms with Crippen LogP contribution in [0.5, 0.6) is 0 Å². The maximum absolute atomic E-state index is 11.3. The highest BCUT2D eigenvalue weighted by Gasteiger charge is 2.32. The highest BCUT2D eigenvalue weighted by Crippen LogP contribution is 2.32. The van der Waals surface area contributed by atoms with Crippen molar-refractivity contribution in [3.63, 3.8) is 0 Å². The number of carbonyl (C=O) groups is 1. The fraction of sp³-hybridized carbons (Fsp3) is 0.200. The summed E-state index contributed by atoms with van der Waals surface area (Å²) in [6, 6.07) is 4.23. The van der Waals surface area contributed by atoms with Gasteiger partial charge in [-0.2, -0.15) is 4.99 Å². The SMILES string of the molecule is CN1C(=O)N=C(N)C1c1cc(Cl)ccc1Cl. The van der Waals surface area contributed by atoms with Crippen LogP contribution in [0.3, 0.4) is 0 Å². The molecule has 0 radical (unpaired) electrons. The average Bonchev–Trinajstić information content (AvgIpc) is 2.46. The molecule has 0 saturated heterocycles. The monoisotopic (exact) mass is 257 g/mol. The van der Waals surface area contributed by atoms with E-state index in [9.17, 15) is 4.79 Å². The van der Waals surface area contributed by atoms with E-state index in [0.29, 0.717) is 15.6 Å². The van der Waals surface area contributed by atoms with Crippen LogP contribution in [-0.2, 0) is 0 Å². The van der Waals surface area contributed by atoms with Crippen LogP contribution in [0.4, 0.5) is 4.79 Å². The molecule has 1 aliphatic rings. The first-order chi connectivity index (χ1) is 7.50. The lowest BCUT2D eigenvalue weighted by atomic mass is 10.1. The standard InChI is InChI=1S/C10H9Cl2N3O/c1-15-8(9(13)14-10(15)16)6-4-5(11)2-3-7(6)12/h2-4,8H,1H3,(H2,13,14,16). The molecule has 2 amide bonds. The lowest BCUT2D eigenvalue weighted by molar-refractivity contribution is 0.219. The van der Waals surface area contributed by atoms with Crippen LogP contribution < -0.4 is 5.73 Å². The minimum Gasteiger partial charge on any atom is -0.385 e. The van der Waals surface area contributed by atoms with Crippen molar-refractivity contribution in [3.05, 3.63) is 33.8 Å². The van der Waals surface area contributed by atoms with E-state index in [2.05, 4.69) is 4.99 Å². The Hall–Kier alpha value is -1.26. The quantitative estimate of drug-likeness (QED) is 0.841. The summed E-state index contributed by atoms with van der Waals surface area (Å²) in [7, 11) is 1.62. The molecule has 2 rings (SSSR count). The molecule has 1 aliphatic heterocycles. The fourth-order valence-electron chi connectivity index (χ4n) is 1.65. The second kappa shape index (κ2) is 3.96. The van der Waals surface area contributed by atoms with Gasteiger partial charge in [0.2, 0.25) is 0 Å². The number of amidine groups is 1. The van der Waals surface area contributed by atoms with Crippen LogP contribution in [-0.4, -0.2) is 23.8 Å². The summed E-state index contributed by atoms with van der Waals surface area (Å²) in [4.78, 5) is 16.4. The minimum atomic E-state index is -0.432. The first-order valence-electron chi connectivity index (χ1n) is 4.56. The Bertz CT molecular complexity index is 487. The van der Waals surface area contributed by atoms with Gasteiger partial charge in [-0.05, 0) is 18.2 Å². The second-order valence-corrected chi connectivity index (χ2v) is 4.34. The Morgan fingerprint density at radius 1 is 1.44 bits per heavy atom. The molecular weight excluding hydrogens is 249 g/mol. The van der Waals surface area contributed by atoms with Crippen LogP contribution in [0.1, 0.15) is 11.6 Å². The summed E-state index contributed by atoms with van der Waals surface area (Å²) >= 11 is 11.9. The summed E-state index contributed by atoms with van der Waals surface area (Å²) in [6.07, 6.45) is 0. The molecular formula is C10H9Cl2N3O. The molecule has 1 unspecified atom stereocenters. The zero-order chi connectivity index (χ0) is 11.9. The zero-order valence-electron chi connectivity index (χ0n) is 8.45. The van der Waals surface area contributed by atoms with Gasteiger partial charge in [0.15, 0.2) is 0 Å². The van der Waals surface area contributed by atoms with Gasteiger partial charge in [0, 0.05) is 22.7 Å². The van der Waals surface area contributed by atoms with Crippen molar-refractivity contribution < 1.29 is 4.79 Å². The molecule has 1 aromatic carbocycles. The van der Waals surface area contributed by atoms with Gasteiger partial charge >= 0.3 is 6.03 Å². The van der Waals surface area contributed by atoms with Crippen molar-refractivity contribution in [2.45, 2.75) is 6.04 Å². The third-order valence-electron chi connectivity index (χ3n) is 2.45. The zero-order valence-corrected chi connectivity index (χ0v) is 9.96. The molecule has 4 nitrogen and oxygen atoms in total. The third-order valence-corrected chi connectivity index (χ3v) is 3.03. The predicted molar refractivity (Wildman–Crippen MR) is 64.0 cm³/mol. The van der Waals surface area contributed by atoms with E-state index in [-0.39, 0.29) is 11.9 Å². The number of hydrogen-bond acceptors (Lipinski definition) is 2. The van der Waals surface area contributed by atoms with Crippen molar-refractivity contribution >= 4 is 35.1 Å². The van der Waals surface area contributed by atoms with E-state index in [4.69, 9.17) is 28.9 Å². The molecule has 6 heteroatoms. The number of benzene rings is 1. The lowest BCUT2D eigenvalue weighted by Crippen LogP contribution is -2.30. The van der Waals surface area contributed by atoms with Crippen molar-refractivity contribution in [2.75, 3.05) is 7.05 Å². The van der Waals surface area contributed by atoms with Crippen molar-refractivity contribution in [1.82, 2.24) is 4.90 Å². The van der Waals surface area contributed by atoms with Gasteiger partial charge in [-0.15, -0.1) is 0 Å². The Balaban J connectivity index is 2.49. The third kappa shape index (κ3) is 1.74. The van der Waals surface area contributed by atoms with E-state index in [1.165, 1.54) is 4.90 Å². The number of hydrogen-bond donors (Lipinski definition) is 1. The molecule has 0 spiro atoms. The van der Waals surface area contributed by atoms with Gasteiger partial charge in [0.1, 0.15) is 11.9 Å². The second-order valence-electron chi connectivity index (χ2n) is 3.50. The summed E-state index contributed by atoms with van der Waals surface area (Å²) in [6.45, 7) is 0. The first kappa shape index (κ1) is 11.2. The van der Waals surface area contributed by atoms with Crippen molar-refractivity contribution in [1.29, 1.82) is 0 Å². The van der Waals surface area contributed by atoms with Crippen LogP contribution in [0, 0.1) is 0 Å². The Morgan fingerprint density at radius 3 is 2.69 bits per heavy atom. The number of amides is 2. The summed E-state index contributed by atoms with van der Waals surface area (Å²) in [5, 5.41) is 1.05. The van der Waals surface area contributed by atoms with E-state index in [1.807, 2.05) is 0 Å².